The number of hydrogen-bond donors (Lipinski definition) is 1. The zero-order valence-electron chi connectivity index (χ0n) is 15.1. The zero-order valence-corrected chi connectivity index (χ0v) is 15.1. The van der Waals surface area contributed by atoms with Gasteiger partial charge in [0.1, 0.15) is 5.82 Å². The van der Waals surface area contributed by atoms with Crippen molar-refractivity contribution in [3.05, 3.63) is 71.8 Å². The van der Waals surface area contributed by atoms with Gasteiger partial charge in [-0.1, -0.05) is 49.4 Å². The van der Waals surface area contributed by atoms with Gasteiger partial charge in [-0.3, -0.25) is 4.98 Å². The predicted molar refractivity (Wildman–Crippen MR) is 102 cm³/mol. The molecule has 1 saturated heterocycles. The van der Waals surface area contributed by atoms with E-state index in [1.807, 2.05) is 6.07 Å². The van der Waals surface area contributed by atoms with Gasteiger partial charge in [0, 0.05) is 17.3 Å². The highest BCUT2D eigenvalue weighted by Crippen LogP contribution is 2.37. The lowest BCUT2D eigenvalue weighted by Crippen LogP contribution is -2.49. The summed E-state index contributed by atoms with van der Waals surface area (Å²) in [7, 11) is 0. The van der Waals surface area contributed by atoms with Gasteiger partial charge in [0.25, 0.3) is 0 Å². The van der Waals surface area contributed by atoms with Crippen LogP contribution in [0.15, 0.2) is 54.9 Å². The lowest BCUT2D eigenvalue weighted by Gasteiger charge is -2.33. The molecule has 0 radical (unpaired) electrons. The van der Waals surface area contributed by atoms with Gasteiger partial charge in [0.2, 0.25) is 0 Å². The van der Waals surface area contributed by atoms with E-state index in [0.717, 1.165) is 37.7 Å². The van der Waals surface area contributed by atoms with E-state index in [0.29, 0.717) is 0 Å². The van der Waals surface area contributed by atoms with Gasteiger partial charge in [0.05, 0.1) is 6.20 Å². The van der Waals surface area contributed by atoms with Crippen molar-refractivity contribution in [1.29, 1.82) is 0 Å². The number of rotatable bonds is 6. The van der Waals surface area contributed by atoms with Crippen LogP contribution < -0.4 is 5.32 Å². The van der Waals surface area contributed by atoms with Crippen molar-refractivity contribution in [1.82, 2.24) is 10.3 Å². The second-order valence-electron chi connectivity index (χ2n) is 7.52. The molecule has 0 spiro atoms. The van der Waals surface area contributed by atoms with E-state index in [9.17, 15) is 4.39 Å². The van der Waals surface area contributed by atoms with Crippen molar-refractivity contribution in [2.24, 2.45) is 0 Å². The van der Waals surface area contributed by atoms with Crippen molar-refractivity contribution in [3.63, 3.8) is 0 Å². The molecule has 2 nitrogen and oxygen atoms in total. The molecule has 3 heteroatoms. The maximum absolute atomic E-state index is 13.5. The summed E-state index contributed by atoms with van der Waals surface area (Å²) in [4.78, 5) is 4.00. The highest BCUT2D eigenvalue weighted by Gasteiger charge is 2.42. The molecule has 0 bridgehead atoms. The molecule has 3 rings (SSSR count). The molecule has 2 aromatic rings. The zero-order chi connectivity index (χ0) is 17.8. The summed E-state index contributed by atoms with van der Waals surface area (Å²) in [6.45, 7) is 4.51. The van der Waals surface area contributed by atoms with E-state index < -0.39 is 0 Å². The third-order valence-corrected chi connectivity index (χ3v) is 5.38. The standard InChI is InChI=1S/C22H27FN2/c1-3-22(15-19-14-20(23)17-24-16-19)13-12-21(2,25-22)11-7-10-18-8-5-4-6-9-18/h4-10,14,16-17,25H,3,11-13,15H2,1-2H3/b10-7+. The molecule has 2 heterocycles. The molecule has 2 atom stereocenters. The fourth-order valence-corrected chi connectivity index (χ4v) is 3.92. The highest BCUT2D eigenvalue weighted by atomic mass is 19.1. The normalized spacial score (nSPS) is 26.4. The molecule has 25 heavy (non-hydrogen) atoms. The molecule has 0 amide bonds. The number of pyridine rings is 1. The smallest absolute Gasteiger partial charge is 0.141 e. The maximum atomic E-state index is 13.5. The van der Waals surface area contributed by atoms with Crippen molar-refractivity contribution in [3.8, 4) is 0 Å². The maximum Gasteiger partial charge on any atom is 0.141 e. The highest BCUT2D eigenvalue weighted by molar-refractivity contribution is 5.48. The van der Waals surface area contributed by atoms with Crippen molar-refractivity contribution in [2.75, 3.05) is 0 Å². The van der Waals surface area contributed by atoms with Crippen LogP contribution >= 0.6 is 0 Å². The monoisotopic (exact) mass is 338 g/mol. The number of nitrogens with one attached hydrogen (secondary N) is 1. The van der Waals surface area contributed by atoms with Gasteiger partial charge in [-0.15, -0.1) is 0 Å². The summed E-state index contributed by atoms with van der Waals surface area (Å²) < 4.78 is 13.5. The summed E-state index contributed by atoms with van der Waals surface area (Å²) in [6, 6.07) is 12.0. The van der Waals surface area contributed by atoms with E-state index in [1.165, 1.54) is 11.8 Å². The molecule has 0 aliphatic carbocycles. The minimum Gasteiger partial charge on any atom is -0.305 e. The predicted octanol–water partition coefficient (Wildman–Crippen LogP) is 5.16. The van der Waals surface area contributed by atoms with E-state index in [-0.39, 0.29) is 16.9 Å². The van der Waals surface area contributed by atoms with Crippen molar-refractivity contribution >= 4 is 6.08 Å². The number of aromatic nitrogens is 1. The lowest BCUT2D eigenvalue weighted by atomic mass is 9.87. The Kier molecular flexibility index (Phi) is 5.33. The van der Waals surface area contributed by atoms with Gasteiger partial charge < -0.3 is 5.32 Å². The fourth-order valence-electron chi connectivity index (χ4n) is 3.92. The quantitative estimate of drug-likeness (QED) is 0.787. The molecule has 1 aliphatic heterocycles. The van der Waals surface area contributed by atoms with Gasteiger partial charge in [-0.2, -0.15) is 0 Å². The number of nitrogens with zero attached hydrogens (tertiary/aromatic N) is 1. The third kappa shape index (κ3) is 4.55. The van der Waals surface area contributed by atoms with Crippen molar-refractivity contribution < 1.29 is 4.39 Å². The van der Waals surface area contributed by atoms with Crippen LogP contribution in [0, 0.1) is 5.82 Å². The van der Waals surface area contributed by atoms with Crippen LogP contribution in [0.3, 0.4) is 0 Å². The SMILES string of the molecule is CCC1(Cc2cncc(F)c2)CCC(C)(C/C=C/c2ccccc2)N1. The third-order valence-electron chi connectivity index (χ3n) is 5.38. The Morgan fingerprint density at radius 1 is 1.20 bits per heavy atom. The summed E-state index contributed by atoms with van der Waals surface area (Å²) >= 11 is 0. The number of hydrogen-bond acceptors (Lipinski definition) is 2. The summed E-state index contributed by atoms with van der Waals surface area (Å²) in [5.41, 5.74) is 2.32. The van der Waals surface area contributed by atoms with Crippen LogP contribution in [0.5, 0.6) is 0 Å². The van der Waals surface area contributed by atoms with Crippen LogP contribution in [0.1, 0.15) is 50.7 Å². The Balaban J connectivity index is 1.66. The summed E-state index contributed by atoms with van der Waals surface area (Å²) in [5.74, 6) is -0.254. The molecule has 1 aliphatic rings. The van der Waals surface area contributed by atoms with Gasteiger partial charge in [0.15, 0.2) is 0 Å². The van der Waals surface area contributed by atoms with Crippen LogP contribution in [0.2, 0.25) is 0 Å². The summed E-state index contributed by atoms with van der Waals surface area (Å²) in [6.07, 6.45) is 12.6. The van der Waals surface area contributed by atoms with E-state index >= 15 is 0 Å². The first-order valence-corrected chi connectivity index (χ1v) is 9.13. The second kappa shape index (κ2) is 7.49. The second-order valence-corrected chi connectivity index (χ2v) is 7.52. The van der Waals surface area contributed by atoms with Crippen LogP contribution in [-0.2, 0) is 6.42 Å². The van der Waals surface area contributed by atoms with E-state index in [1.54, 1.807) is 12.3 Å². The molecule has 1 aromatic carbocycles. The molecular weight excluding hydrogens is 311 g/mol. The lowest BCUT2D eigenvalue weighted by molar-refractivity contribution is 0.297. The molecule has 1 N–H and O–H groups in total. The van der Waals surface area contributed by atoms with Crippen LogP contribution in [-0.4, -0.2) is 16.1 Å². The molecular formula is C22H27FN2. The Morgan fingerprint density at radius 2 is 2.00 bits per heavy atom. The minimum atomic E-state index is -0.254. The molecule has 1 aromatic heterocycles. The first-order chi connectivity index (χ1) is 12.0. The van der Waals surface area contributed by atoms with Crippen LogP contribution in [0.25, 0.3) is 6.08 Å². The Hall–Kier alpha value is -2.00. The largest absolute Gasteiger partial charge is 0.305 e. The minimum absolute atomic E-state index is 0.0325. The molecule has 1 fully saturated rings. The molecule has 0 saturated carbocycles. The van der Waals surface area contributed by atoms with E-state index in [2.05, 4.69) is 60.6 Å². The Bertz CT molecular complexity index is 728. The molecule has 2 unspecified atom stereocenters. The average Bonchev–Trinajstić information content (AvgIpc) is 2.93. The van der Waals surface area contributed by atoms with Crippen LogP contribution in [0.4, 0.5) is 4.39 Å². The first-order valence-electron chi connectivity index (χ1n) is 9.13. The van der Waals surface area contributed by atoms with Crippen molar-refractivity contribution in [2.45, 2.75) is 57.0 Å². The van der Waals surface area contributed by atoms with Gasteiger partial charge in [-0.25, -0.2) is 4.39 Å². The van der Waals surface area contributed by atoms with E-state index in [4.69, 9.17) is 0 Å². The van der Waals surface area contributed by atoms with Gasteiger partial charge >= 0.3 is 0 Å². The molecule has 132 valence electrons. The number of benzene rings is 1. The van der Waals surface area contributed by atoms with Gasteiger partial charge in [-0.05, 0) is 56.2 Å². The number of halogens is 1. The Labute approximate surface area is 150 Å². The average molecular weight is 338 g/mol. The Morgan fingerprint density at radius 3 is 2.72 bits per heavy atom. The first kappa shape index (κ1) is 17.8. The summed E-state index contributed by atoms with van der Waals surface area (Å²) in [5, 5.41) is 3.88. The topological polar surface area (TPSA) is 24.9 Å². The fraction of sp³-hybridized carbons (Fsp3) is 0.409.